The summed E-state index contributed by atoms with van der Waals surface area (Å²) >= 11 is 0. The number of methoxy groups -OCH3 is 1. The Morgan fingerprint density at radius 1 is 1.33 bits per heavy atom. The van der Waals surface area contributed by atoms with E-state index in [4.69, 9.17) is 4.74 Å². The average Bonchev–Trinajstić information content (AvgIpc) is 2.94. The third-order valence-corrected chi connectivity index (χ3v) is 3.50. The highest BCUT2D eigenvalue weighted by atomic mass is 32.1. The second-order valence-corrected chi connectivity index (χ2v) is 4.92. The molecule has 6 nitrogen and oxygen atoms in total. The van der Waals surface area contributed by atoms with E-state index in [1.165, 1.54) is 0 Å². The lowest BCUT2D eigenvalue weighted by atomic mass is 10.2. The molecule has 0 spiro atoms. The SMILES string of the molecule is COc1nc(N2C[C@H](C)n3nccc3C2=O)ccc1C.S. The quantitative estimate of drug-likeness (QED) is 0.850. The highest BCUT2D eigenvalue weighted by Gasteiger charge is 2.31. The number of carbonyl (C=O) groups is 1. The van der Waals surface area contributed by atoms with E-state index in [1.54, 1.807) is 29.0 Å². The van der Waals surface area contributed by atoms with E-state index in [9.17, 15) is 4.79 Å². The van der Waals surface area contributed by atoms with Gasteiger partial charge in [0.1, 0.15) is 11.5 Å². The van der Waals surface area contributed by atoms with Crippen LogP contribution in [0.5, 0.6) is 5.88 Å². The van der Waals surface area contributed by atoms with Crippen LogP contribution in [0.1, 0.15) is 29.0 Å². The van der Waals surface area contributed by atoms with Crippen LogP contribution in [0, 0.1) is 6.92 Å². The first kappa shape index (κ1) is 15.4. The number of anilines is 1. The van der Waals surface area contributed by atoms with E-state index in [-0.39, 0.29) is 25.4 Å². The summed E-state index contributed by atoms with van der Waals surface area (Å²) < 4.78 is 6.98. The van der Waals surface area contributed by atoms with Crippen LogP contribution < -0.4 is 9.64 Å². The fourth-order valence-electron chi connectivity index (χ4n) is 2.45. The zero-order chi connectivity index (χ0) is 14.3. The van der Waals surface area contributed by atoms with Gasteiger partial charge in [-0.1, -0.05) is 6.07 Å². The molecule has 0 N–H and O–H groups in total. The molecule has 0 bridgehead atoms. The summed E-state index contributed by atoms with van der Waals surface area (Å²) in [5.41, 5.74) is 1.53. The van der Waals surface area contributed by atoms with Crippen molar-refractivity contribution in [2.24, 2.45) is 0 Å². The smallest absolute Gasteiger partial charge is 0.277 e. The number of amides is 1. The Hall–Kier alpha value is -2.02. The Bertz CT molecular complexity index is 671. The van der Waals surface area contributed by atoms with Gasteiger partial charge in [-0.15, -0.1) is 0 Å². The number of ether oxygens (including phenoxy) is 1. The van der Waals surface area contributed by atoms with E-state index >= 15 is 0 Å². The number of carbonyl (C=O) groups excluding carboxylic acids is 1. The Morgan fingerprint density at radius 3 is 2.81 bits per heavy atom. The molecule has 0 fully saturated rings. The molecule has 2 aromatic heterocycles. The van der Waals surface area contributed by atoms with Gasteiger partial charge in [-0.25, -0.2) is 0 Å². The van der Waals surface area contributed by atoms with E-state index in [0.717, 1.165) is 5.56 Å². The normalized spacial score (nSPS) is 17.2. The van der Waals surface area contributed by atoms with Crippen molar-refractivity contribution in [1.82, 2.24) is 14.8 Å². The lowest BCUT2D eigenvalue weighted by Crippen LogP contribution is -2.43. The van der Waals surface area contributed by atoms with Gasteiger partial charge in [0.25, 0.3) is 5.91 Å². The second kappa shape index (κ2) is 5.77. The van der Waals surface area contributed by atoms with E-state index in [1.807, 2.05) is 26.0 Å². The molecular formula is C14H18N4O2S. The molecule has 7 heteroatoms. The summed E-state index contributed by atoms with van der Waals surface area (Å²) in [6.45, 7) is 4.50. The summed E-state index contributed by atoms with van der Waals surface area (Å²) in [5.74, 6) is 1.07. The Balaban J connectivity index is 0.00000161. The van der Waals surface area contributed by atoms with Crippen LogP contribution in [0.2, 0.25) is 0 Å². The lowest BCUT2D eigenvalue weighted by molar-refractivity contribution is 0.0952. The van der Waals surface area contributed by atoms with E-state index in [0.29, 0.717) is 23.9 Å². The number of aryl methyl sites for hydroxylation is 1. The van der Waals surface area contributed by atoms with Crippen molar-refractivity contribution in [3.63, 3.8) is 0 Å². The van der Waals surface area contributed by atoms with Crippen LogP contribution in [0.4, 0.5) is 5.82 Å². The van der Waals surface area contributed by atoms with Crippen molar-refractivity contribution < 1.29 is 9.53 Å². The molecule has 0 aliphatic carbocycles. The summed E-state index contributed by atoms with van der Waals surface area (Å²) in [4.78, 5) is 18.6. The first-order valence-electron chi connectivity index (χ1n) is 6.49. The van der Waals surface area contributed by atoms with Crippen LogP contribution in [0.25, 0.3) is 0 Å². The maximum Gasteiger partial charge on any atom is 0.277 e. The monoisotopic (exact) mass is 306 g/mol. The maximum atomic E-state index is 12.5. The van der Waals surface area contributed by atoms with Crippen molar-refractivity contribution in [3.05, 3.63) is 35.7 Å². The average molecular weight is 306 g/mol. The highest BCUT2D eigenvalue weighted by molar-refractivity contribution is 7.59. The van der Waals surface area contributed by atoms with Crippen LogP contribution in [0.3, 0.4) is 0 Å². The van der Waals surface area contributed by atoms with Gasteiger partial charge < -0.3 is 4.74 Å². The molecular weight excluding hydrogens is 288 g/mol. The van der Waals surface area contributed by atoms with Crippen molar-refractivity contribution in [2.45, 2.75) is 19.9 Å². The minimum Gasteiger partial charge on any atom is -0.481 e. The largest absolute Gasteiger partial charge is 0.481 e. The van der Waals surface area contributed by atoms with Crippen LogP contribution in [-0.4, -0.2) is 34.3 Å². The van der Waals surface area contributed by atoms with Gasteiger partial charge in [0, 0.05) is 18.3 Å². The summed E-state index contributed by atoms with van der Waals surface area (Å²) in [7, 11) is 1.58. The molecule has 1 amide bonds. The third-order valence-electron chi connectivity index (χ3n) is 3.50. The zero-order valence-electron chi connectivity index (χ0n) is 12.2. The predicted molar refractivity (Wildman–Crippen MR) is 84.5 cm³/mol. The molecule has 0 saturated carbocycles. The fraction of sp³-hybridized carbons (Fsp3) is 0.357. The van der Waals surface area contributed by atoms with Gasteiger partial charge in [-0.05, 0) is 26.0 Å². The summed E-state index contributed by atoms with van der Waals surface area (Å²) in [5, 5.41) is 4.19. The second-order valence-electron chi connectivity index (χ2n) is 4.92. The maximum absolute atomic E-state index is 12.5. The third kappa shape index (κ3) is 2.49. The van der Waals surface area contributed by atoms with Gasteiger partial charge in [-0.2, -0.15) is 23.6 Å². The van der Waals surface area contributed by atoms with Crippen molar-refractivity contribution in [3.8, 4) is 5.88 Å². The number of fused-ring (bicyclic) bond motifs is 1. The summed E-state index contributed by atoms with van der Waals surface area (Å²) in [6.07, 6.45) is 1.65. The minimum atomic E-state index is -0.0843. The first-order chi connectivity index (χ1) is 9.61. The molecule has 0 unspecified atom stereocenters. The zero-order valence-corrected chi connectivity index (χ0v) is 13.2. The molecule has 0 saturated heterocycles. The van der Waals surface area contributed by atoms with Crippen molar-refractivity contribution >= 4 is 25.2 Å². The highest BCUT2D eigenvalue weighted by Crippen LogP contribution is 2.26. The van der Waals surface area contributed by atoms with Gasteiger partial charge in [0.2, 0.25) is 5.88 Å². The molecule has 0 aromatic carbocycles. The summed E-state index contributed by atoms with van der Waals surface area (Å²) in [6, 6.07) is 5.60. The van der Waals surface area contributed by atoms with Gasteiger partial charge in [-0.3, -0.25) is 14.4 Å². The molecule has 0 radical (unpaired) electrons. The Labute approximate surface area is 130 Å². The first-order valence-corrected chi connectivity index (χ1v) is 6.49. The molecule has 21 heavy (non-hydrogen) atoms. The number of nitrogens with zero attached hydrogens (tertiary/aromatic N) is 4. The van der Waals surface area contributed by atoms with Crippen LogP contribution in [-0.2, 0) is 0 Å². The molecule has 1 aliphatic heterocycles. The number of aromatic nitrogens is 3. The number of pyridine rings is 1. The number of rotatable bonds is 2. The van der Waals surface area contributed by atoms with Gasteiger partial charge >= 0.3 is 0 Å². The topological polar surface area (TPSA) is 60.2 Å². The molecule has 3 rings (SSSR count). The van der Waals surface area contributed by atoms with Crippen molar-refractivity contribution in [2.75, 3.05) is 18.6 Å². The Morgan fingerprint density at radius 2 is 2.10 bits per heavy atom. The van der Waals surface area contributed by atoms with Crippen LogP contribution in [0.15, 0.2) is 24.4 Å². The Kier molecular flexibility index (Phi) is 4.22. The molecule has 1 atom stereocenters. The predicted octanol–water partition coefficient (Wildman–Crippen LogP) is 1.93. The van der Waals surface area contributed by atoms with E-state index in [2.05, 4.69) is 10.1 Å². The van der Waals surface area contributed by atoms with Crippen molar-refractivity contribution in [1.29, 1.82) is 0 Å². The molecule has 2 aromatic rings. The lowest BCUT2D eigenvalue weighted by Gasteiger charge is -2.31. The molecule has 112 valence electrons. The molecule has 1 aliphatic rings. The number of hydrogen-bond acceptors (Lipinski definition) is 4. The molecule has 3 heterocycles. The van der Waals surface area contributed by atoms with Gasteiger partial charge in [0.05, 0.1) is 13.2 Å². The van der Waals surface area contributed by atoms with Crippen LogP contribution >= 0.6 is 13.5 Å². The number of hydrogen-bond donors (Lipinski definition) is 0. The fourth-order valence-corrected chi connectivity index (χ4v) is 2.45. The standard InChI is InChI=1S/C14H16N4O2.H2S/c1-9-4-5-12(16-13(9)20-3)17-8-10(2)18-11(14(17)19)6-7-15-18;/h4-7,10H,8H2,1-3H3;1H2/t10-;/m0./s1. The van der Waals surface area contributed by atoms with E-state index < -0.39 is 0 Å². The minimum absolute atomic E-state index is 0. The van der Waals surface area contributed by atoms with Gasteiger partial charge in [0.15, 0.2) is 0 Å².